The molecule has 23 heavy (non-hydrogen) atoms. The van der Waals surface area contributed by atoms with Crippen LogP contribution in [0.2, 0.25) is 0 Å². The topological polar surface area (TPSA) is 85.4 Å². The summed E-state index contributed by atoms with van der Waals surface area (Å²) in [5, 5.41) is 14.3. The number of hydrogen-bond acceptors (Lipinski definition) is 8. The minimum absolute atomic E-state index is 0.0473. The van der Waals surface area contributed by atoms with E-state index in [0.29, 0.717) is 12.3 Å². The summed E-state index contributed by atoms with van der Waals surface area (Å²) in [6.07, 6.45) is 0. The van der Waals surface area contributed by atoms with E-state index in [0.717, 1.165) is 20.8 Å². The van der Waals surface area contributed by atoms with Crippen molar-refractivity contribution < 1.29 is 14.3 Å². The first kappa shape index (κ1) is 15.9. The minimum atomic E-state index is -0.248. The number of amides is 1. The van der Waals surface area contributed by atoms with Crippen LogP contribution in [0, 0.1) is 0 Å². The summed E-state index contributed by atoms with van der Waals surface area (Å²) in [5.41, 5.74) is 0.966. The molecule has 0 unspecified atom stereocenters. The first-order chi connectivity index (χ1) is 11.2. The molecule has 0 saturated carbocycles. The number of thioether (sulfide) groups is 1. The molecule has 1 atom stereocenters. The van der Waals surface area contributed by atoms with Crippen LogP contribution in [0.15, 0.2) is 22.5 Å². The molecule has 2 aromatic rings. The third-order valence-corrected chi connectivity index (χ3v) is 5.30. The molecular formula is C14H16N4O3S2. The molecule has 2 heterocycles. The number of carbonyl (C=O) groups excluding carboxylic acids is 1. The van der Waals surface area contributed by atoms with E-state index in [1.165, 1.54) is 23.1 Å². The normalized spacial score (nSPS) is 13.7. The van der Waals surface area contributed by atoms with Gasteiger partial charge in [0.25, 0.3) is 0 Å². The van der Waals surface area contributed by atoms with Gasteiger partial charge in [-0.05, 0) is 24.6 Å². The van der Waals surface area contributed by atoms with Gasteiger partial charge in [-0.3, -0.25) is 4.79 Å². The minimum Gasteiger partial charge on any atom is -0.454 e. The quantitative estimate of drug-likeness (QED) is 0.770. The zero-order chi connectivity index (χ0) is 16.2. The Labute approximate surface area is 141 Å². The SMILES string of the molecule is CNc1nnc(S[C@H](C)C(=O)NCc2ccc3c(c2)OCO3)s1. The van der Waals surface area contributed by atoms with E-state index in [-0.39, 0.29) is 18.0 Å². The van der Waals surface area contributed by atoms with Gasteiger partial charge in [0, 0.05) is 13.6 Å². The summed E-state index contributed by atoms with van der Waals surface area (Å²) >= 11 is 2.82. The Kier molecular flexibility index (Phi) is 4.87. The summed E-state index contributed by atoms with van der Waals surface area (Å²) in [4.78, 5) is 12.2. The number of nitrogens with one attached hydrogen (secondary N) is 2. The number of fused-ring (bicyclic) bond motifs is 1. The zero-order valence-corrected chi connectivity index (χ0v) is 14.3. The first-order valence-corrected chi connectivity index (χ1v) is 8.69. The number of nitrogens with zero attached hydrogens (tertiary/aromatic N) is 2. The van der Waals surface area contributed by atoms with Crippen LogP contribution in [0.3, 0.4) is 0 Å². The number of benzene rings is 1. The summed E-state index contributed by atoms with van der Waals surface area (Å²) in [6, 6.07) is 5.64. The highest BCUT2D eigenvalue weighted by molar-refractivity contribution is 8.02. The molecule has 1 aromatic heterocycles. The zero-order valence-electron chi connectivity index (χ0n) is 12.7. The molecule has 1 amide bonds. The lowest BCUT2D eigenvalue weighted by atomic mass is 10.2. The average molecular weight is 352 g/mol. The summed E-state index contributed by atoms with van der Waals surface area (Å²) < 4.78 is 11.4. The smallest absolute Gasteiger partial charge is 0.233 e. The number of ether oxygens (including phenoxy) is 2. The van der Waals surface area contributed by atoms with Crippen LogP contribution in [-0.2, 0) is 11.3 Å². The van der Waals surface area contributed by atoms with E-state index < -0.39 is 0 Å². The van der Waals surface area contributed by atoms with E-state index in [2.05, 4.69) is 20.8 Å². The van der Waals surface area contributed by atoms with Gasteiger partial charge in [-0.2, -0.15) is 0 Å². The summed E-state index contributed by atoms with van der Waals surface area (Å²) in [5.74, 6) is 1.40. The van der Waals surface area contributed by atoms with Gasteiger partial charge in [-0.15, -0.1) is 10.2 Å². The fourth-order valence-corrected chi connectivity index (χ4v) is 3.82. The molecular weight excluding hydrogens is 336 g/mol. The standard InChI is InChI=1S/C14H16N4O3S2/c1-8(22-14-18-17-13(15-2)23-14)12(19)16-6-9-3-4-10-11(5-9)21-7-20-10/h3-5,8H,6-7H2,1-2H3,(H,15,17)(H,16,19)/t8-/m1/s1. The summed E-state index contributed by atoms with van der Waals surface area (Å²) in [7, 11) is 1.79. The molecule has 122 valence electrons. The number of rotatable bonds is 6. The van der Waals surface area contributed by atoms with Crippen LogP contribution in [-0.4, -0.2) is 35.2 Å². The van der Waals surface area contributed by atoms with Crippen LogP contribution in [0.4, 0.5) is 5.13 Å². The highest BCUT2D eigenvalue weighted by atomic mass is 32.2. The third-order valence-electron chi connectivity index (χ3n) is 3.17. The second-order valence-corrected chi connectivity index (χ2v) is 7.35. The van der Waals surface area contributed by atoms with Crippen molar-refractivity contribution in [3.8, 4) is 11.5 Å². The lowest BCUT2D eigenvalue weighted by Gasteiger charge is -2.10. The van der Waals surface area contributed by atoms with Crippen LogP contribution in [0.5, 0.6) is 11.5 Å². The van der Waals surface area contributed by atoms with Crippen molar-refractivity contribution in [3.63, 3.8) is 0 Å². The molecule has 3 rings (SSSR count). The van der Waals surface area contributed by atoms with Crippen molar-refractivity contribution in [1.29, 1.82) is 0 Å². The molecule has 1 aromatic carbocycles. The number of aromatic nitrogens is 2. The Morgan fingerprint density at radius 2 is 2.22 bits per heavy atom. The highest BCUT2D eigenvalue weighted by Gasteiger charge is 2.18. The Balaban J connectivity index is 1.52. The van der Waals surface area contributed by atoms with Gasteiger partial charge in [0.15, 0.2) is 15.8 Å². The van der Waals surface area contributed by atoms with Gasteiger partial charge >= 0.3 is 0 Å². The molecule has 0 fully saturated rings. The largest absolute Gasteiger partial charge is 0.454 e. The Bertz CT molecular complexity index is 707. The lowest BCUT2D eigenvalue weighted by molar-refractivity contribution is -0.120. The monoisotopic (exact) mass is 352 g/mol. The Hall–Kier alpha value is -2.00. The maximum Gasteiger partial charge on any atom is 0.233 e. The van der Waals surface area contributed by atoms with Gasteiger partial charge in [-0.25, -0.2) is 0 Å². The van der Waals surface area contributed by atoms with E-state index in [1.807, 2.05) is 25.1 Å². The molecule has 9 heteroatoms. The van der Waals surface area contributed by atoms with E-state index >= 15 is 0 Å². The Morgan fingerprint density at radius 1 is 1.39 bits per heavy atom. The van der Waals surface area contributed by atoms with Crippen molar-refractivity contribution in [3.05, 3.63) is 23.8 Å². The van der Waals surface area contributed by atoms with Gasteiger partial charge in [-0.1, -0.05) is 29.2 Å². The van der Waals surface area contributed by atoms with Crippen LogP contribution >= 0.6 is 23.1 Å². The van der Waals surface area contributed by atoms with Crippen molar-refractivity contribution >= 4 is 34.1 Å². The molecule has 0 spiro atoms. The van der Waals surface area contributed by atoms with Crippen LogP contribution in [0.25, 0.3) is 0 Å². The molecule has 2 N–H and O–H groups in total. The third kappa shape index (κ3) is 3.85. The number of carbonyl (C=O) groups is 1. The maximum absolute atomic E-state index is 12.2. The maximum atomic E-state index is 12.2. The molecule has 0 bridgehead atoms. The molecule has 1 aliphatic rings. The van der Waals surface area contributed by atoms with Crippen LogP contribution < -0.4 is 20.1 Å². The first-order valence-electron chi connectivity index (χ1n) is 7.00. The fourth-order valence-electron chi connectivity index (χ4n) is 1.95. The van der Waals surface area contributed by atoms with E-state index in [1.54, 1.807) is 7.05 Å². The van der Waals surface area contributed by atoms with Crippen molar-refractivity contribution in [2.75, 3.05) is 19.2 Å². The molecule has 0 aliphatic carbocycles. The van der Waals surface area contributed by atoms with Crippen molar-refractivity contribution in [2.24, 2.45) is 0 Å². The second kappa shape index (κ2) is 7.05. The number of anilines is 1. The molecule has 7 nitrogen and oxygen atoms in total. The van der Waals surface area contributed by atoms with Gasteiger partial charge < -0.3 is 20.1 Å². The highest BCUT2D eigenvalue weighted by Crippen LogP contribution is 2.32. The number of hydrogen-bond donors (Lipinski definition) is 2. The predicted octanol–water partition coefficient (Wildman–Crippen LogP) is 2.11. The van der Waals surface area contributed by atoms with Crippen molar-refractivity contribution in [1.82, 2.24) is 15.5 Å². The van der Waals surface area contributed by atoms with E-state index in [4.69, 9.17) is 9.47 Å². The fraction of sp³-hybridized carbons (Fsp3) is 0.357. The van der Waals surface area contributed by atoms with Crippen LogP contribution in [0.1, 0.15) is 12.5 Å². The molecule has 0 saturated heterocycles. The molecule has 0 radical (unpaired) electrons. The average Bonchev–Trinajstić information content (AvgIpc) is 3.20. The van der Waals surface area contributed by atoms with Gasteiger partial charge in [0.05, 0.1) is 5.25 Å². The van der Waals surface area contributed by atoms with Gasteiger partial charge in [0.2, 0.25) is 17.8 Å². The molecule has 1 aliphatic heterocycles. The second-order valence-electron chi connectivity index (χ2n) is 4.79. The predicted molar refractivity (Wildman–Crippen MR) is 89.2 cm³/mol. The van der Waals surface area contributed by atoms with E-state index in [9.17, 15) is 4.79 Å². The summed E-state index contributed by atoms with van der Waals surface area (Å²) in [6.45, 7) is 2.54. The lowest BCUT2D eigenvalue weighted by Crippen LogP contribution is -2.30. The Morgan fingerprint density at radius 3 is 3.00 bits per heavy atom. The van der Waals surface area contributed by atoms with Crippen molar-refractivity contribution in [2.45, 2.75) is 23.1 Å². The van der Waals surface area contributed by atoms with Gasteiger partial charge in [0.1, 0.15) is 0 Å².